The van der Waals surface area contributed by atoms with Crippen molar-refractivity contribution in [3.8, 4) is 5.75 Å². The van der Waals surface area contributed by atoms with Crippen molar-refractivity contribution in [2.75, 3.05) is 17.3 Å². The molecule has 0 aliphatic rings. The zero-order chi connectivity index (χ0) is 22.4. The third-order valence-electron chi connectivity index (χ3n) is 4.25. The lowest BCUT2D eigenvalue weighted by molar-refractivity contribution is -0.384. The van der Waals surface area contributed by atoms with Gasteiger partial charge in [0.2, 0.25) is 0 Å². The number of hydrogen-bond donors (Lipinski definition) is 2. The van der Waals surface area contributed by atoms with Crippen LogP contribution in [0.25, 0.3) is 0 Å². The summed E-state index contributed by atoms with van der Waals surface area (Å²) >= 11 is 0. The minimum absolute atomic E-state index is 0.0458. The van der Waals surface area contributed by atoms with Gasteiger partial charge in [-0.1, -0.05) is 18.2 Å². The van der Waals surface area contributed by atoms with Crippen LogP contribution in [0.1, 0.15) is 12.5 Å². The third kappa shape index (κ3) is 5.14. The number of nitro groups is 1. The standard InChI is InChI=1S/C20H19N5O5S/c1-14(15-6-5-11-21-13-15)22-23-17-10-9-16(12-19(17)25(26)27)31(28,29)24-18-7-3-4-8-20(18)30-2/h3-13,23-24H,1-2H3/b22-14-. The van der Waals surface area contributed by atoms with Crippen LogP contribution in [0.4, 0.5) is 17.1 Å². The van der Waals surface area contributed by atoms with Gasteiger partial charge in [-0.2, -0.15) is 5.10 Å². The lowest BCUT2D eigenvalue weighted by Crippen LogP contribution is -2.14. The molecular weight excluding hydrogens is 422 g/mol. The number of hydrazone groups is 1. The Morgan fingerprint density at radius 3 is 2.58 bits per heavy atom. The molecule has 0 aliphatic heterocycles. The summed E-state index contributed by atoms with van der Waals surface area (Å²) in [6.45, 7) is 1.71. The average Bonchev–Trinajstić information content (AvgIpc) is 2.78. The SMILES string of the molecule is COc1ccccc1NS(=O)(=O)c1ccc(N/N=C(/C)c2cccnc2)c([N+](=O)[O-])c1. The molecule has 10 nitrogen and oxygen atoms in total. The smallest absolute Gasteiger partial charge is 0.295 e. The maximum Gasteiger partial charge on any atom is 0.295 e. The average molecular weight is 441 g/mol. The molecule has 0 bridgehead atoms. The Bertz CT molecular complexity index is 1230. The number of benzene rings is 2. The maximum atomic E-state index is 12.8. The topological polar surface area (TPSA) is 136 Å². The van der Waals surface area contributed by atoms with E-state index in [1.807, 2.05) is 0 Å². The molecule has 2 aromatic carbocycles. The van der Waals surface area contributed by atoms with E-state index in [1.54, 1.807) is 49.6 Å². The molecule has 0 spiro atoms. The van der Waals surface area contributed by atoms with Crippen molar-refractivity contribution >= 4 is 32.8 Å². The molecule has 3 rings (SSSR count). The molecule has 160 valence electrons. The van der Waals surface area contributed by atoms with E-state index >= 15 is 0 Å². The van der Waals surface area contributed by atoms with Gasteiger partial charge in [-0.05, 0) is 37.3 Å². The Morgan fingerprint density at radius 2 is 1.90 bits per heavy atom. The predicted molar refractivity (Wildman–Crippen MR) is 117 cm³/mol. The fraction of sp³-hybridized carbons (Fsp3) is 0.100. The lowest BCUT2D eigenvalue weighted by atomic mass is 10.2. The zero-order valence-electron chi connectivity index (χ0n) is 16.6. The van der Waals surface area contributed by atoms with Crippen molar-refractivity contribution in [2.24, 2.45) is 5.10 Å². The number of ether oxygens (including phenoxy) is 1. The largest absolute Gasteiger partial charge is 0.495 e. The van der Waals surface area contributed by atoms with Crippen LogP contribution >= 0.6 is 0 Å². The van der Waals surface area contributed by atoms with Gasteiger partial charge < -0.3 is 4.74 Å². The molecule has 0 aliphatic carbocycles. The molecule has 3 aromatic rings. The summed E-state index contributed by atoms with van der Waals surface area (Å²) in [7, 11) is -2.69. The van der Waals surface area contributed by atoms with Gasteiger partial charge in [-0.3, -0.25) is 25.2 Å². The third-order valence-corrected chi connectivity index (χ3v) is 5.61. The first-order chi connectivity index (χ1) is 14.8. The molecule has 0 radical (unpaired) electrons. The number of para-hydroxylation sites is 2. The Balaban J connectivity index is 1.90. The number of pyridine rings is 1. The predicted octanol–water partition coefficient (Wildman–Crippen LogP) is 3.64. The molecule has 0 fully saturated rings. The normalized spacial score (nSPS) is 11.6. The number of rotatable bonds is 8. The van der Waals surface area contributed by atoms with Gasteiger partial charge in [-0.25, -0.2) is 8.42 Å². The highest BCUT2D eigenvalue weighted by Gasteiger charge is 2.22. The Hall–Kier alpha value is -3.99. The van der Waals surface area contributed by atoms with E-state index in [0.717, 1.165) is 11.6 Å². The Morgan fingerprint density at radius 1 is 1.13 bits per heavy atom. The van der Waals surface area contributed by atoms with E-state index in [4.69, 9.17) is 4.74 Å². The van der Waals surface area contributed by atoms with Crippen LogP contribution in [0.3, 0.4) is 0 Å². The quantitative estimate of drug-likeness (QED) is 0.309. The summed E-state index contributed by atoms with van der Waals surface area (Å²) in [4.78, 5) is 14.6. The number of nitrogens with one attached hydrogen (secondary N) is 2. The molecule has 1 heterocycles. The molecule has 2 N–H and O–H groups in total. The molecule has 0 saturated heterocycles. The maximum absolute atomic E-state index is 12.8. The van der Waals surface area contributed by atoms with Gasteiger partial charge in [0.1, 0.15) is 11.4 Å². The van der Waals surface area contributed by atoms with Crippen LogP contribution in [-0.2, 0) is 10.0 Å². The number of sulfonamides is 1. The Labute approximate surface area is 178 Å². The van der Waals surface area contributed by atoms with Crippen molar-refractivity contribution in [3.63, 3.8) is 0 Å². The number of hydrogen-bond acceptors (Lipinski definition) is 8. The highest BCUT2D eigenvalue weighted by Crippen LogP contribution is 2.30. The van der Waals surface area contributed by atoms with E-state index in [1.165, 1.54) is 25.3 Å². The number of anilines is 2. The summed E-state index contributed by atoms with van der Waals surface area (Å²) in [6, 6.07) is 13.5. The van der Waals surface area contributed by atoms with E-state index < -0.39 is 20.6 Å². The minimum atomic E-state index is -4.10. The fourth-order valence-corrected chi connectivity index (χ4v) is 3.73. The first-order valence-electron chi connectivity index (χ1n) is 8.97. The van der Waals surface area contributed by atoms with E-state index in [2.05, 4.69) is 20.2 Å². The fourth-order valence-electron chi connectivity index (χ4n) is 2.64. The van der Waals surface area contributed by atoms with Gasteiger partial charge in [0.05, 0.1) is 28.3 Å². The molecule has 0 saturated carbocycles. The van der Waals surface area contributed by atoms with Crippen molar-refractivity contribution in [1.82, 2.24) is 4.98 Å². The van der Waals surface area contributed by atoms with Crippen LogP contribution < -0.4 is 14.9 Å². The highest BCUT2D eigenvalue weighted by atomic mass is 32.2. The lowest BCUT2D eigenvalue weighted by Gasteiger charge is -2.12. The van der Waals surface area contributed by atoms with Gasteiger partial charge in [-0.15, -0.1) is 0 Å². The number of nitrogens with zero attached hydrogens (tertiary/aromatic N) is 3. The van der Waals surface area contributed by atoms with E-state index in [9.17, 15) is 18.5 Å². The van der Waals surface area contributed by atoms with Crippen molar-refractivity contribution < 1.29 is 18.1 Å². The minimum Gasteiger partial charge on any atom is -0.495 e. The summed E-state index contributed by atoms with van der Waals surface area (Å²) in [5.74, 6) is 0.319. The highest BCUT2D eigenvalue weighted by molar-refractivity contribution is 7.92. The van der Waals surface area contributed by atoms with Crippen molar-refractivity contribution in [1.29, 1.82) is 0 Å². The zero-order valence-corrected chi connectivity index (χ0v) is 17.5. The van der Waals surface area contributed by atoms with Crippen LogP contribution in [0.2, 0.25) is 0 Å². The summed E-state index contributed by atoms with van der Waals surface area (Å²) in [5.41, 5.74) is 3.73. The number of aromatic nitrogens is 1. The monoisotopic (exact) mass is 441 g/mol. The molecule has 0 atom stereocenters. The summed E-state index contributed by atoms with van der Waals surface area (Å²) in [5, 5.41) is 15.7. The van der Waals surface area contributed by atoms with Crippen LogP contribution in [0.5, 0.6) is 5.75 Å². The van der Waals surface area contributed by atoms with Crippen LogP contribution in [0, 0.1) is 10.1 Å². The Kier molecular flexibility index (Phi) is 6.46. The molecular formula is C20H19N5O5S. The van der Waals surface area contributed by atoms with Gasteiger partial charge in [0.15, 0.2) is 0 Å². The number of nitro benzene ring substituents is 1. The first kappa shape index (κ1) is 21.7. The molecule has 0 amide bonds. The second-order valence-corrected chi connectivity index (χ2v) is 7.97. The van der Waals surface area contributed by atoms with Gasteiger partial charge in [0.25, 0.3) is 15.7 Å². The van der Waals surface area contributed by atoms with Crippen molar-refractivity contribution in [3.05, 3.63) is 82.7 Å². The molecule has 31 heavy (non-hydrogen) atoms. The van der Waals surface area contributed by atoms with Crippen LogP contribution in [-0.4, -0.2) is 31.1 Å². The second kappa shape index (κ2) is 9.22. The van der Waals surface area contributed by atoms with Crippen LogP contribution in [0.15, 0.2) is 77.0 Å². The van der Waals surface area contributed by atoms with Gasteiger partial charge >= 0.3 is 0 Å². The summed E-state index contributed by atoms with van der Waals surface area (Å²) < 4.78 is 33.0. The molecule has 0 unspecified atom stereocenters. The summed E-state index contributed by atoms with van der Waals surface area (Å²) in [6.07, 6.45) is 3.22. The van der Waals surface area contributed by atoms with Gasteiger partial charge in [0, 0.05) is 24.0 Å². The van der Waals surface area contributed by atoms with E-state index in [0.29, 0.717) is 11.5 Å². The number of methoxy groups -OCH3 is 1. The molecule has 1 aromatic heterocycles. The van der Waals surface area contributed by atoms with E-state index in [-0.39, 0.29) is 16.3 Å². The second-order valence-electron chi connectivity index (χ2n) is 6.29. The first-order valence-corrected chi connectivity index (χ1v) is 10.4. The van der Waals surface area contributed by atoms with Crippen molar-refractivity contribution in [2.45, 2.75) is 11.8 Å². The molecule has 11 heteroatoms.